The summed E-state index contributed by atoms with van der Waals surface area (Å²) in [4.78, 5) is 12.7. The number of methoxy groups -OCH3 is 1. The molecule has 4 heterocycles. The fraction of sp³-hybridized carbons (Fsp3) is 0.318. The standard InChI is InChI=1S/C22H22FN5O2/c1-29-22-16-8-9-28(21(16)25-12-26-22)19-7-6-15(30-19)5-3-13-2-4-14-11-17(23)20(24)27-18(14)10-13/h2,4,8-12,15,19H,3,5-7H2,1H3,(H2,24,27). The molecule has 30 heavy (non-hydrogen) atoms. The van der Waals surface area contributed by atoms with Gasteiger partial charge in [0.2, 0.25) is 5.88 Å². The Hall–Kier alpha value is -3.26. The number of nitrogens with zero attached hydrogens (tertiary/aromatic N) is 4. The Labute approximate surface area is 172 Å². The highest BCUT2D eigenvalue weighted by atomic mass is 19.1. The summed E-state index contributed by atoms with van der Waals surface area (Å²) in [6.45, 7) is 0. The van der Waals surface area contributed by atoms with E-state index in [-0.39, 0.29) is 18.1 Å². The third kappa shape index (κ3) is 3.33. The first-order valence-corrected chi connectivity index (χ1v) is 9.98. The third-order valence-corrected chi connectivity index (χ3v) is 5.68. The lowest BCUT2D eigenvalue weighted by molar-refractivity contribution is 0.00119. The number of hydrogen-bond acceptors (Lipinski definition) is 6. The minimum Gasteiger partial charge on any atom is -0.480 e. The number of hydrogen-bond donors (Lipinski definition) is 1. The molecule has 2 unspecified atom stereocenters. The van der Waals surface area contributed by atoms with E-state index in [0.717, 1.165) is 47.7 Å². The van der Waals surface area contributed by atoms with Crippen LogP contribution >= 0.6 is 0 Å². The lowest BCUT2D eigenvalue weighted by Crippen LogP contribution is -2.12. The van der Waals surface area contributed by atoms with E-state index in [9.17, 15) is 4.39 Å². The van der Waals surface area contributed by atoms with Crippen molar-refractivity contribution < 1.29 is 13.9 Å². The van der Waals surface area contributed by atoms with Gasteiger partial charge in [-0.3, -0.25) is 0 Å². The zero-order chi connectivity index (χ0) is 20.7. The monoisotopic (exact) mass is 407 g/mol. The summed E-state index contributed by atoms with van der Waals surface area (Å²) in [6.07, 6.45) is 7.27. The van der Waals surface area contributed by atoms with Gasteiger partial charge < -0.3 is 19.8 Å². The van der Waals surface area contributed by atoms with Gasteiger partial charge in [-0.25, -0.2) is 19.3 Å². The molecule has 0 saturated carbocycles. The Morgan fingerprint density at radius 1 is 1.23 bits per heavy atom. The summed E-state index contributed by atoms with van der Waals surface area (Å²) in [5, 5.41) is 1.63. The topological polar surface area (TPSA) is 88.1 Å². The van der Waals surface area contributed by atoms with Crippen LogP contribution in [0.4, 0.5) is 10.2 Å². The van der Waals surface area contributed by atoms with Gasteiger partial charge in [0.15, 0.2) is 11.6 Å². The number of benzene rings is 1. The Morgan fingerprint density at radius 3 is 3.00 bits per heavy atom. The second kappa shape index (κ2) is 7.53. The van der Waals surface area contributed by atoms with E-state index < -0.39 is 5.82 Å². The largest absolute Gasteiger partial charge is 0.480 e. The maximum absolute atomic E-state index is 13.6. The van der Waals surface area contributed by atoms with Crippen molar-refractivity contribution in [1.82, 2.24) is 19.5 Å². The molecule has 0 radical (unpaired) electrons. The van der Waals surface area contributed by atoms with Crippen molar-refractivity contribution in [1.29, 1.82) is 0 Å². The van der Waals surface area contributed by atoms with Gasteiger partial charge >= 0.3 is 0 Å². The van der Waals surface area contributed by atoms with Crippen LogP contribution in [0.2, 0.25) is 0 Å². The molecule has 1 aliphatic heterocycles. The number of nitrogens with two attached hydrogens (primary N) is 1. The van der Waals surface area contributed by atoms with Crippen LogP contribution in [0.15, 0.2) is 42.9 Å². The molecule has 0 amide bonds. The molecular formula is C22H22FN5O2. The van der Waals surface area contributed by atoms with E-state index >= 15 is 0 Å². The van der Waals surface area contributed by atoms with Gasteiger partial charge in [-0.2, -0.15) is 0 Å². The van der Waals surface area contributed by atoms with E-state index in [4.69, 9.17) is 15.2 Å². The van der Waals surface area contributed by atoms with Gasteiger partial charge in [0, 0.05) is 11.6 Å². The Morgan fingerprint density at radius 2 is 2.13 bits per heavy atom. The second-order valence-corrected chi connectivity index (χ2v) is 7.55. The van der Waals surface area contributed by atoms with E-state index in [1.807, 2.05) is 30.5 Å². The van der Waals surface area contributed by atoms with Gasteiger partial charge in [0.25, 0.3) is 0 Å². The number of aromatic nitrogens is 4. The van der Waals surface area contributed by atoms with Crippen molar-refractivity contribution in [3.63, 3.8) is 0 Å². The maximum atomic E-state index is 13.6. The minimum absolute atomic E-state index is 0.0480. The van der Waals surface area contributed by atoms with Crippen molar-refractivity contribution in [3.05, 3.63) is 54.2 Å². The summed E-state index contributed by atoms with van der Waals surface area (Å²) in [5.74, 6) is 0.0146. The van der Waals surface area contributed by atoms with Crippen LogP contribution in [0.25, 0.3) is 21.9 Å². The number of ether oxygens (including phenoxy) is 2. The maximum Gasteiger partial charge on any atom is 0.225 e. The molecule has 3 aromatic heterocycles. The molecule has 1 fully saturated rings. The summed E-state index contributed by atoms with van der Waals surface area (Å²) in [7, 11) is 1.61. The van der Waals surface area contributed by atoms with Crippen LogP contribution in [0.1, 0.15) is 31.1 Å². The summed E-state index contributed by atoms with van der Waals surface area (Å²) < 4.78 is 27.3. The van der Waals surface area contributed by atoms with Crippen LogP contribution < -0.4 is 10.5 Å². The molecule has 1 saturated heterocycles. The lowest BCUT2D eigenvalue weighted by atomic mass is 10.0. The average molecular weight is 407 g/mol. The fourth-order valence-electron chi connectivity index (χ4n) is 4.13. The fourth-order valence-corrected chi connectivity index (χ4v) is 4.13. The van der Waals surface area contributed by atoms with Crippen molar-refractivity contribution >= 4 is 27.8 Å². The molecule has 7 nitrogen and oxygen atoms in total. The Balaban J connectivity index is 1.27. The van der Waals surface area contributed by atoms with E-state index in [1.165, 1.54) is 12.4 Å². The SMILES string of the molecule is COc1ncnc2c1ccn2C1CCC(CCc2ccc3cc(F)c(N)nc3c2)O1. The van der Waals surface area contributed by atoms with Gasteiger partial charge in [0.1, 0.15) is 18.2 Å². The second-order valence-electron chi connectivity index (χ2n) is 7.55. The van der Waals surface area contributed by atoms with Crippen molar-refractivity contribution in [2.45, 2.75) is 38.0 Å². The zero-order valence-electron chi connectivity index (χ0n) is 16.6. The molecule has 8 heteroatoms. The van der Waals surface area contributed by atoms with E-state index in [0.29, 0.717) is 11.4 Å². The zero-order valence-corrected chi connectivity index (χ0v) is 16.6. The molecule has 0 spiro atoms. The van der Waals surface area contributed by atoms with Crippen LogP contribution in [-0.4, -0.2) is 32.7 Å². The minimum atomic E-state index is -0.485. The number of rotatable bonds is 5. The average Bonchev–Trinajstić information content (AvgIpc) is 3.39. The molecule has 0 aliphatic carbocycles. The molecule has 154 valence electrons. The van der Waals surface area contributed by atoms with Crippen LogP contribution in [0, 0.1) is 5.82 Å². The van der Waals surface area contributed by atoms with Gasteiger partial charge in [-0.05, 0) is 49.4 Å². The van der Waals surface area contributed by atoms with Crippen LogP contribution in [-0.2, 0) is 11.2 Å². The Kier molecular flexibility index (Phi) is 4.71. The first-order chi connectivity index (χ1) is 14.6. The molecule has 2 atom stereocenters. The van der Waals surface area contributed by atoms with Gasteiger partial charge in [0.05, 0.1) is 24.1 Å². The molecule has 5 rings (SSSR count). The number of pyridine rings is 1. The molecule has 2 N–H and O–H groups in total. The van der Waals surface area contributed by atoms with Gasteiger partial charge in [-0.15, -0.1) is 0 Å². The highest BCUT2D eigenvalue weighted by Crippen LogP contribution is 2.34. The quantitative estimate of drug-likeness (QED) is 0.538. The van der Waals surface area contributed by atoms with E-state index in [2.05, 4.69) is 19.5 Å². The third-order valence-electron chi connectivity index (χ3n) is 5.68. The molecule has 1 aromatic carbocycles. The number of aryl methyl sites for hydroxylation is 1. The van der Waals surface area contributed by atoms with E-state index in [1.54, 1.807) is 7.11 Å². The normalized spacial score (nSPS) is 19.0. The molecule has 0 bridgehead atoms. The summed E-state index contributed by atoms with van der Waals surface area (Å²) in [5.41, 5.74) is 8.27. The van der Waals surface area contributed by atoms with Crippen LogP contribution in [0.5, 0.6) is 5.88 Å². The van der Waals surface area contributed by atoms with Crippen molar-refractivity contribution in [2.75, 3.05) is 12.8 Å². The number of fused-ring (bicyclic) bond motifs is 2. The van der Waals surface area contributed by atoms with Crippen molar-refractivity contribution in [2.24, 2.45) is 0 Å². The molecular weight excluding hydrogens is 385 g/mol. The van der Waals surface area contributed by atoms with Crippen LogP contribution in [0.3, 0.4) is 0 Å². The highest BCUT2D eigenvalue weighted by molar-refractivity contribution is 5.81. The lowest BCUT2D eigenvalue weighted by Gasteiger charge is -2.16. The molecule has 4 aromatic rings. The van der Waals surface area contributed by atoms with Gasteiger partial charge in [-0.1, -0.05) is 12.1 Å². The number of halogens is 1. The first kappa shape index (κ1) is 18.7. The molecule has 1 aliphatic rings. The Bertz CT molecular complexity index is 1230. The predicted molar refractivity (Wildman–Crippen MR) is 112 cm³/mol. The summed E-state index contributed by atoms with van der Waals surface area (Å²) in [6, 6.07) is 9.25. The highest BCUT2D eigenvalue weighted by Gasteiger charge is 2.27. The predicted octanol–water partition coefficient (Wildman–Crippen LogP) is 4.02. The number of nitrogen functional groups attached to an aromatic ring is 1. The van der Waals surface area contributed by atoms with Crippen molar-refractivity contribution in [3.8, 4) is 5.88 Å². The smallest absolute Gasteiger partial charge is 0.225 e. The first-order valence-electron chi connectivity index (χ1n) is 9.98. The summed E-state index contributed by atoms with van der Waals surface area (Å²) >= 11 is 0. The number of anilines is 1.